The molecule has 304 valence electrons. The van der Waals surface area contributed by atoms with Gasteiger partial charge in [-0.05, 0) is 92.9 Å². The summed E-state index contributed by atoms with van der Waals surface area (Å²) in [6.07, 6.45) is 18.2. The highest BCUT2D eigenvalue weighted by atomic mass is 16.6. The minimum atomic E-state index is -0.525. The molecule has 10 heteroatoms. The van der Waals surface area contributed by atoms with Gasteiger partial charge in [0.2, 0.25) is 0 Å². The molecule has 4 atom stereocenters. The summed E-state index contributed by atoms with van der Waals surface area (Å²) in [5.74, 6) is -0.154. The molecule has 2 saturated heterocycles. The Hall–Kier alpha value is -2.52. The van der Waals surface area contributed by atoms with E-state index in [2.05, 4.69) is 13.8 Å². The molecule has 2 amide bonds. The molecule has 0 N–H and O–H groups in total. The third-order valence-electron chi connectivity index (χ3n) is 9.55. The molecule has 10 nitrogen and oxygen atoms in total. The van der Waals surface area contributed by atoms with Crippen LogP contribution in [0, 0.1) is 23.7 Å². The van der Waals surface area contributed by atoms with Crippen molar-refractivity contribution < 1.29 is 38.1 Å². The Kier molecular flexibility index (Phi) is 23.3. The normalized spacial score (nSPS) is 20.7. The van der Waals surface area contributed by atoms with Crippen molar-refractivity contribution in [3.8, 4) is 0 Å². The first kappa shape index (κ1) is 47.5. The zero-order valence-electron chi connectivity index (χ0n) is 35.0. The molecule has 0 spiro atoms. The van der Waals surface area contributed by atoms with E-state index in [-0.39, 0.29) is 36.0 Å². The van der Waals surface area contributed by atoms with Crippen molar-refractivity contribution in [1.29, 1.82) is 0 Å². The van der Waals surface area contributed by atoms with E-state index in [4.69, 9.17) is 18.9 Å². The Morgan fingerprint density at radius 3 is 1.13 bits per heavy atom. The van der Waals surface area contributed by atoms with Gasteiger partial charge in [0.25, 0.3) is 0 Å². The van der Waals surface area contributed by atoms with E-state index in [1.807, 2.05) is 55.4 Å². The quantitative estimate of drug-likeness (QED) is 0.0776. The van der Waals surface area contributed by atoms with Crippen LogP contribution in [0.1, 0.15) is 172 Å². The van der Waals surface area contributed by atoms with Crippen LogP contribution < -0.4 is 0 Å². The van der Waals surface area contributed by atoms with Gasteiger partial charge in [-0.15, -0.1) is 0 Å². The number of likely N-dealkylation sites (tertiary alicyclic amines) is 2. The van der Waals surface area contributed by atoms with Crippen LogP contribution in [0.25, 0.3) is 0 Å². The maximum atomic E-state index is 12.5. The van der Waals surface area contributed by atoms with Crippen LogP contribution >= 0.6 is 0 Å². The molecule has 2 fully saturated rings. The molecule has 0 bridgehead atoms. The van der Waals surface area contributed by atoms with Gasteiger partial charge in [0.1, 0.15) is 11.2 Å². The van der Waals surface area contributed by atoms with Gasteiger partial charge in [-0.1, -0.05) is 90.9 Å². The van der Waals surface area contributed by atoms with E-state index in [0.717, 1.165) is 38.5 Å². The van der Waals surface area contributed by atoms with Crippen molar-refractivity contribution in [2.75, 3.05) is 39.4 Å². The van der Waals surface area contributed by atoms with Gasteiger partial charge in [0.15, 0.2) is 0 Å². The lowest BCUT2D eigenvalue weighted by molar-refractivity contribution is -0.151. The fourth-order valence-corrected chi connectivity index (χ4v) is 7.07. The summed E-state index contributed by atoms with van der Waals surface area (Å²) in [6, 6.07) is 0. The van der Waals surface area contributed by atoms with Crippen LogP contribution in [0.15, 0.2) is 0 Å². The van der Waals surface area contributed by atoms with Crippen molar-refractivity contribution in [2.45, 2.75) is 183 Å². The fourth-order valence-electron chi connectivity index (χ4n) is 7.07. The minimum absolute atomic E-state index is 0.186. The van der Waals surface area contributed by atoms with Crippen molar-refractivity contribution in [3.63, 3.8) is 0 Å². The molecule has 0 radical (unpaired) electrons. The van der Waals surface area contributed by atoms with Gasteiger partial charge >= 0.3 is 24.1 Å². The Balaban J connectivity index is 0.000000520. The van der Waals surface area contributed by atoms with Gasteiger partial charge in [0.05, 0.1) is 25.0 Å². The summed E-state index contributed by atoms with van der Waals surface area (Å²) in [7, 11) is 0. The third kappa shape index (κ3) is 21.2. The van der Waals surface area contributed by atoms with Crippen LogP contribution in [-0.2, 0) is 28.5 Å². The number of carbonyl (C=O) groups excluding carboxylic acids is 4. The first-order valence-electron chi connectivity index (χ1n) is 20.8. The monoisotopic (exact) mass is 739 g/mol. The number of amides is 2. The van der Waals surface area contributed by atoms with Gasteiger partial charge in [-0.2, -0.15) is 0 Å². The zero-order valence-corrected chi connectivity index (χ0v) is 35.0. The summed E-state index contributed by atoms with van der Waals surface area (Å²) >= 11 is 0. The summed E-state index contributed by atoms with van der Waals surface area (Å²) in [6.45, 7) is 22.2. The summed E-state index contributed by atoms with van der Waals surface area (Å²) in [5, 5.41) is 0. The van der Waals surface area contributed by atoms with Crippen LogP contribution in [0.4, 0.5) is 9.59 Å². The second-order valence-electron chi connectivity index (χ2n) is 17.0. The summed E-state index contributed by atoms with van der Waals surface area (Å²) in [4.78, 5) is 52.9. The molecule has 2 aliphatic rings. The van der Waals surface area contributed by atoms with Crippen molar-refractivity contribution in [2.24, 2.45) is 23.7 Å². The predicted octanol–water partition coefficient (Wildman–Crippen LogP) is 10.3. The third-order valence-corrected chi connectivity index (χ3v) is 9.55. The average Bonchev–Trinajstić information content (AvgIpc) is 3.06. The number of rotatable bonds is 18. The molecule has 0 saturated carbocycles. The Bertz CT molecular complexity index is 940. The maximum Gasteiger partial charge on any atom is 0.410 e. The fraction of sp³-hybridized carbons (Fsp3) is 0.905. The molecule has 2 unspecified atom stereocenters. The number of piperidine rings is 2. The van der Waals surface area contributed by atoms with Crippen LogP contribution in [-0.4, -0.2) is 84.5 Å². The molecule has 0 aromatic carbocycles. The largest absolute Gasteiger partial charge is 0.466 e. The molecule has 2 rings (SSSR count). The van der Waals surface area contributed by atoms with Gasteiger partial charge < -0.3 is 28.7 Å². The SMILES string of the molecule is CCCCCCCCC1C[C@H](C(=O)OCC)CN(C(=O)OC(C)(C)C)C1.CCCCCCCCC1C[C@H](C(=O)OCC)CN(C(=O)OC(C)(C)C)C1. The average molecular weight is 739 g/mol. The number of unbranched alkanes of at least 4 members (excludes halogenated alkanes) is 10. The lowest BCUT2D eigenvalue weighted by Gasteiger charge is -2.37. The number of hydrogen-bond acceptors (Lipinski definition) is 8. The Morgan fingerprint density at radius 1 is 0.500 bits per heavy atom. The molecule has 52 heavy (non-hydrogen) atoms. The van der Waals surface area contributed by atoms with E-state index in [1.165, 1.54) is 64.2 Å². The van der Waals surface area contributed by atoms with Crippen LogP contribution in [0.3, 0.4) is 0 Å². The van der Waals surface area contributed by atoms with Gasteiger partial charge in [0, 0.05) is 26.2 Å². The second kappa shape index (κ2) is 25.5. The van der Waals surface area contributed by atoms with Crippen LogP contribution in [0.5, 0.6) is 0 Å². The lowest BCUT2D eigenvalue weighted by Crippen LogP contribution is -2.48. The number of nitrogens with zero attached hydrogens (tertiary/aromatic N) is 2. The molecule has 2 heterocycles. The standard InChI is InChI=1S/2C21H39NO4/c2*1-6-8-9-10-11-12-13-17-14-18(19(23)25-7-2)16-22(15-17)20(24)26-21(3,4)5/h2*17-18H,6-16H2,1-5H3/t2*17?,18-/m00/s1. The van der Waals surface area contributed by atoms with Crippen LogP contribution in [0.2, 0.25) is 0 Å². The first-order chi connectivity index (χ1) is 24.5. The molecular formula is C42H78N2O8. The number of hydrogen-bond donors (Lipinski definition) is 0. The predicted molar refractivity (Wildman–Crippen MR) is 208 cm³/mol. The van der Waals surface area contributed by atoms with Crippen molar-refractivity contribution in [3.05, 3.63) is 0 Å². The molecule has 2 aliphatic heterocycles. The number of esters is 2. The molecule has 0 aromatic rings. The zero-order chi connectivity index (χ0) is 39.2. The molecule has 0 aliphatic carbocycles. The van der Waals surface area contributed by atoms with E-state index in [1.54, 1.807) is 9.80 Å². The van der Waals surface area contributed by atoms with Gasteiger partial charge in [-0.25, -0.2) is 9.59 Å². The first-order valence-corrected chi connectivity index (χ1v) is 20.8. The van der Waals surface area contributed by atoms with Gasteiger partial charge in [-0.3, -0.25) is 9.59 Å². The Morgan fingerprint density at radius 2 is 0.827 bits per heavy atom. The highest BCUT2D eigenvalue weighted by Gasteiger charge is 2.37. The van der Waals surface area contributed by atoms with E-state index in [9.17, 15) is 19.2 Å². The summed E-state index contributed by atoms with van der Waals surface area (Å²) in [5.41, 5.74) is -1.05. The van der Waals surface area contributed by atoms with Crippen molar-refractivity contribution >= 4 is 24.1 Å². The Labute approximate surface area is 317 Å². The lowest BCUT2D eigenvalue weighted by atomic mass is 9.86. The number of ether oxygens (including phenoxy) is 4. The van der Waals surface area contributed by atoms with E-state index < -0.39 is 11.2 Å². The highest BCUT2D eigenvalue weighted by molar-refractivity contribution is 5.75. The maximum absolute atomic E-state index is 12.5. The van der Waals surface area contributed by atoms with Crippen molar-refractivity contribution in [1.82, 2.24) is 9.80 Å². The summed E-state index contributed by atoms with van der Waals surface area (Å²) < 4.78 is 21.5. The van der Waals surface area contributed by atoms with E-state index in [0.29, 0.717) is 51.2 Å². The van der Waals surface area contributed by atoms with E-state index >= 15 is 0 Å². The minimum Gasteiger partial charge on any atom is -0.466 e. The topological polar surface area (TPSA) is 112 Å². The second-order valence-corrected chi connectivity index (χ2v) is 17.0. The smallest absolute Gasteiger partial charge is 0.410 e. The molecular weight excluding hydrogens is 660 g/mol. The highest BCUT2D eigenvalue weighted by Crippen LogP contribution is 2.30. The molecule has 0 aromatic heterocycles. The number of carbonyl (C=O) groups is 4.